The van der Waals surface area contributed by atoms with E-state index in [1.54, 1.807) is 0 Å². The number of ether oxygens (including phenoxy) is 1. The second-order valence-corrected chi connectivity index (χ2v) is 16.7. The molecule has 0 amide bonds. The van der Waals surface area contributed by atoms with Crippen LogP contribution in [0.4, 0.5) is 0 Å². The monoisotopic (exact) mass is 568 g/mol. The van der Waals surface area contributed by atoms with Gasteiger partial charge in [-0.2, -0.15) is 0 Å². The van der Waals surface area contributed by atoms with Crippen LogP contribution in [-0.2, 0) is 19.1 Å². The lowest BCUT2D eigenvalue weighted by Gasteiger charge is -2.71. The quantitative estimate of drug-likeness (QED) is 0.271. The number of allylic oxidation sites excluding steroid dienone is 2. The number of rotatable bonds is 4. The Labute approximate surface area is 246 Å². The summed E-state index contributed by atoms with van der Waals surface area (Å²) < 4.78 is 6.12. The first-order valence-corrected chi connectivity index (χ1v) is 16.4. The molecule has 6 aliphatic rings. The average Bonchev–Trinajstić information content (AvgIpc) is 3.70. The molecule has 6 heteroatoms. The summed E-state index contributed by atoms with van der Waals surface area (Å²) in [5.74, 6) is -0.938. The number of esters is 1. The molecule has 0 heterocycles. The molecule has 2 unspecified atom stereocenters. The molecule has 41 heavy (non-hydrogen) atoms. The fraction of sp³-hybridized carbons (Fsp3) is 0.857. The van der Waals surface area contributed by atoms with E-state index in [0.717, 1.165) is 57.8 Å². The van der Waals surface area contributed by atoms with Gasteiger partial charge in [0.1, 0.15) is 6.10 Å². The Morgan fingerprint density at radius 3 is 2.20 bits per heavy atom. The summed E-state index contributed by atoms with van der Waals surface area (Å²) in [6, 6.07) is 0. The molecule has 0 aromatic carbocycles. The third-order valence-corrected chi connectivity index (χ3v) is 15.0. The summed E-state index contributed by atoms with van der Waals surface area (Å²) in [4.78, 5) is 37.2. The molecule has 0 saturated heterocycles. The lowest BCUT2D eigenvalue weighted by atomic mass is 9.33. The van der Waals surface area contributed by atoms with Crippen LogP contribution in [0.25, 0.3) is 0 Å². The molecule has 5 saturated carbocycles. The molecule has 5 fully saturated rings. The number of hydrogen-bond donors (Lipinski definition) is 2. The number of fused-ring (bicyclic) bond motifs is 7. The number of hydrogen-bond acceptors (Lipinski definition) is 4. The molecule has 0 radical (unpaired) electrons. The van der Waals surface area contributed by atoms with Gasteiger partial charge in [-0.15, -0.1) is 0 Å². The van der Waals surface area contributed by atoms with Crippen LogP contribution < -0.4 is 0 Å². The van der Waals surface area contributed by atoms with E-state index in [1.807, 2.05) is 0 Å². The van der Waals surface area contributed by atoms with Crippen LogP contribution in [0.1, 0.15) is 113 Å². The molecule has 0 aromatic heterocycles. The minimum absolute atomic E-state index is 0.00981. The zero-order valence-corrected chi connectivity index (χ0v) is 26.3. The largest absolute Gasteiger partial charge is 0.481 e. The van der Waals surface area contributed by atoms with Crippen molar-refractivity contribution in [3.63, 3.8) is 0 Å². The van der Waals surface area contributed by atoms with Gasteiger partial charge in [0.15, 0.2) is 0 Å². The highest BCUT2D eigenvalue weighted by Gasteiger charge is 2.70. The van der Waals surface area contributed by atoms with Crippen molar-refractivity contribution in [1.29, 1.82) is 0 Å². The van der Waals surface area contributed by atoms with Crippen LogP contribution in [0.15, 0.2) is 11.6 Å². The summed E-state index contributed by atoms with van der Waals surface area (Å²) in [5, 5.41) is 19.9. The second kappa shape index (κ2) is 9.08. The number of carbonyl (C=O) groups excluding carboxylic acids is 1. The smallest absolute Gasteiger partial charge is 0.310 e. The Kier molecular flexibility index (Phi) is 6.47. The lowest BCUT2D eigenvalue weighted by Crippen LogP contribution is -2.65. The molecule has 228 valence electrons. The molecule has 0 spiro atoms. The van der Waals surface area contributed by atoms with Crippen molar-refractivity contribution in [2.75, 3.05) is 0 Å². The highest BCUT2D eigenvalue weighted by Crippen LogP contribution is 2.76. The van der Waals surface area contributed by atoms with Gasteiger partial charge in [0, 0.05) is 5.41 Å². The van der Waals surface area contributed by atoms with Gasteiger partial charge in [-0.1, -0.05) is 60.1 Å². The first-order chi connectivity index (χ1) is 19.0. The normalized spacial score (nSPS) is 51.5. The van der Waals surface area contributed by atoms with Gasteiger partial charge in [0.2, 0.25) is 0 Å². The Morgan fingerprint density at radius 2 is 1.56 bits per heavy atom. The van der Waals surface area contributed by atoms with Crippen molar-refractivity contribution in [3.05, 3.63) is 11.6 Å². The number of carbonyl (C=O) groups is 3. The van der Waals surface area contributed by atoms with E-state index >= 15 is 0 Å². The highest BCUT2D eigenvalue weighted by atomic mass is 16.5. The Balaban J connectivity index is 1.31. The van der Waals surface area contributed by atoms with Gasteiger partial charge in [-0.25, -0.2) is 0 Å². The maximum absolute atomic E-state index is 12.9. The van der Waals surface area contributed by atoms with E-state index in [4.69, 9.17) is 4.74 Å². The van der Waals surface area contributed by atoms with Crippen LogP contribution >= 0.6 is 0 Å². The Morgan fingerprint density at radius 1 is 0.854 bits per heavy atom. The zero-order chi connectivity index (χ0) is 29.9. The first kappa shape index (κ1) is 29.2. The van der Waals surface area contributed by atoms with Crippen molar-refractivity contribution in [2.24, 2.45) is 68.5 Å². The maximum Gasteiger partial charge on any atom is 0.310 e. The molecule has 2 N–H and O–H groups in total. The fourth-order valence-corrected chi connectivity index (χ4v) is 12.0. The summed E-state index contributed by atoms with van der Waals surface area (Å²) in [7, 11) is 0. The third kappa shape index (κ3) is 3.76. The van der Waals surface area contributed by atoms with Gasteiger partial charge < -0.3 is 14.9 Å². The Bertz CT molecular complexity index is 1190. The standard InChI is InChI=1S/C35H52O6/c1-19-10-15-35(30(39)40)17-16-33(6)23(27(35)20(19)2)8-9-25-32(5)13-12-26(41-29(38)22-18-21(22)28(36)37)31(3,4)24(32)11-14-34(25,33)7/h8,19-22,24-27H,9-18H2,1-7H3,(H,36,37)(H,39,40)/t19-,20+,21?,22?,24+,25-,26+,27+,32+,33-,34-,35+/m1/s1. The third-order valence-electron chi connectivity index (χ3n) is 15.0. The van der Waals surface area contributed by atoms with Crippen molar-refractivity contribution < 1.29 is 29.3 Å². The number of carboxylic acid groups (broad SMARTS) is 2. The summed E-state index contributed by atoms with van der Waals surface area (Å²) >= 11 is 0. The average molecular weight is 569 g/mol. The van der Waals surface area contributed by atoms with Crippen LogP contribution in [0.3, 0.4) is 0 Å². The van der Waals surface area contributed by atoms with E-state index in [0.29, 0.717) is 30.1 Å². The molecule has 6 rings (SSSR count). The van der Waals surface area contributed by atoms with E-state index in [-0.39, 0.29) is 39.7 Å². The van der Waals surface area contributed by atoms with Gasteiger partial charge in [-0.05, 0) is 110 Å². The number of carboxylic acids is 2. The SMILES string of the molecule is C[C@H]1[C@H](C)CC[C@]2(C(=O)O)CC[C@]3(C)C(=CC[C@@H]4[C@@]5(C)CC[C@H](OC(=O)C6CC6C(=O)O)C(C)(C)[C@@H]5CC[C@]43C)[C@H]12. The predicted molar refractivity (Wildman–Crippen MR) is 156 cm³/mol. The van der Waals surface area contributed by atoms with Crippen LogP contribution in [-0.4, -0.2) is 34.2 Å². The van der Waals surface area contributed by atoms with Crippen molar-refractivity contribution in [1.82, 2.24) is 0 Å². The van der Waals surface area contributed by atoms with Gasteiger partial charge in [-0.3, -0.25) is 14.4 Å². The van der Waals surface area contributed by atoms with Crippen LogP contribution in [0, 0.1) is 68.5 Å². The molecular weight excluding hydrogens is 516 g/mol. The van der Waals surface area contributed by atoms with E-state index < -0.39 is 29.2 Å². The van der Waals surface area contributed by atoms with Crippen LogP contribution in [0.5, 0.6) is 0 Å². The second-order valence-electron chi connectivity index (χ2n) is 16.7. The molecule has 6 aliphatic carbocycles. The summed E-state index contributed by atoms with van der Waals surface area (Å²) in [6.07, 6.45) is 11.3. The first-order valence-electron chi connectivity index (χ1n) is 16.4. The minimum Gasteiger partial charge on any atom is -0.481 e. The molecule has 6 nitrogen and oxygen atoms in total. The number of aliphatic carboxylic acids is 2. The fourth-order valence-electron chi connectivity index (χ4n) is 12.0. The Hall–Kier alpha value is -1.85. The molecule has 12 atom stereocenters. The topological polar surface area (TPSA) is 101 Å². The maximum atomic E-state index is 12.9. The van der Waals surface area contributed by atoms with Gasteiger partial charge in [0.25, 0.3) is 0 Å². The van der Waals surface area contributed by atoms with Crippen molar-refractivity contribution in [3.8, 4) is 0 Å². The van der Waals surface area contributed by atoms with E-state index in [2.05, 4.69) is 54.5 Å². The van der Waals surface area contributed by atoms with E-state index in [9.17, 15) is 24.6 Å². The molecular formula is C35H52O6. The summed E-state index contributed by atoms with van der Waals surface area (Å²) in [6.45, 7) is 16.7. The predicted octanol–water partition coefficient (Wildman–Crippen LogP) is 7.36. The van der Waals surface area contributed by atoms with Gasteiger partial charge in [0.05, 0.1) is 17.3 Å². The summed E-state index contributed by atoms with van der Waals surface area (Å²) in [5.41, 5.74) is 0.832. The zero-order valence-electron chi connectivity index (χ0n) is 26.3. The van der Waals surface area contributed by atoms with Crippen LogP contribution in [0.2, 0.25) is 0 Å². The van der Waals surface area contributed by atoms with E-state index in [1.165, 1.54) is 5.57 Å². The lowest BCUT2D eigenvalue weighted by molar-refractivity contribution is -0.215. The molecule has 0 bridgehead atoms. The van der Waals surface area contributed by atoms with Gasteiger partial charge >= 0.3 is 17.9 Å². The van der Waals surface area contributed by atoms with Crippen molar-refractivity contribution >= 4 is 17.9 Å². The molecule has 0 aromatic rings. The van der Waals surface area contributed by atoms with Crippen molar-refractivity contribution in [2.45, 2.75) is 119 Å². The molecule has 0 aliphatic heterocycles. The highest BCUT2D eigenvalue weighted by molar-refractivity contribution is 5.86. The minimum atomic E-state index is -0.896.